The fraction of sp³-hybridized carbons (Fsp3) is 0.143. The smallest absolute Gasteiger partial charge is 0.339 e. The van der Waals surface area contributed by atoms with E-state index < -0.39 is 28.0 Å². The van der Waals surface area contributed by atoms with Gasteiger partial charge < -0.3 is 10.1 Å². The van der Waals surface area contributed by atoms with Crippen LogP contribution in [0, 0.1) is 6.92 Å². The standard InChI is InChI=1S/C21H20N2O5S/c1-13-7-10-18(29(22,26)27)12-19(13)21(25)28-14(2)20(24)23-17-9-8-15-5-3-4-6-16(15)11-17/h3-12,14H,1-2H3,(H,23,24)(H2,22,26,27). The van der Waals surface area contributed by atoms with Crippen LogP contribution in [0.5, 0.6) is 0 Å². The van der Waals surface area contributed by atoms with Crippen molar-refractivity contribution in [2.24, 2.45) is 5.14 Å². The maximum absolute atomic E-state index is 12.4. The fourth-order valence-electron chi connectivity index (χ4n) is 2.79. The van der Waals surface area contributed by atoms with Gasteiger partial charge in [-0.05, 0) is 54.4 Å². The van der Waals surface area contributed by atoms with E-state index >= 15 is 0 Å². The summed E-state index contributed by atoms with van der Waals surface area (Å²) in [5, 5.41) is 9.82. The molecule has 1 unspecified atom stereocenters. The lowest BCUT2D eigenvalue weighted by molar-refractivity contribution is -0.123. The molecule has 0 bridgehead atoms. The van der Waals surface area contributed by atoms with Crippen LogP contribution in [0.3, 0.4) is 0 Å². The molecule has 0 aliphatic carbocycles. The number of carbonyl (C=O) groups excluding carboxylic acids is 2. The number of benzene rings is 3. The predicted molar refractivity (Wildman–Crippen MR) is 110 cm³/mol. The summed E-state index contributed by atoms with van der Waals surface area (Å²) in [6.45, 7) is 3.07. The highest BCUT2D eigenvalue weighted by molar-refractivity contribution is 7.89. The second kappa shape index (κ2) is 8.02. The number of aryl methyl sites for hydroxylation is 1. The van der Waals surface area contributed by atoms with Gasteiger partial charge in [0.2, 0.25) is 10.0 Å². The lowest BCUT2D eigenvalue weighted by atomic mass is 10.1. The van der Waals surface area contributed by atoms with E-state index in [-0.39, 0.29) is 10.5 Å². The Kier molecular flexibility index (Phi) is 5.67. The Morgan fingerprint density at radius 2 is 1.69 bits per heavy atom. The third kappa shape index (κ3) is 4.79. The molecular formula is C21H20N2O5S. The van der Waals surface area contributed by atoms with Crippen LogP contribution in [0.25, 0.3) is 10.8 Å². The molecule has 8 heteroatoms. The Hall–Kier alpha value is -3.23. The van der Waals surface area contributed by atoms with Gasteiger partial charge in [-0.25, -0.2) is 18.4 Å². The Morgan fingerprint density at radius 3 is 2.38 bits per heavy atom. The fourth-order valence-corrected chi connectivity index (χ4v) is 3.33. The van der Waals surface area contributed by atoms with Crippen LogP contribution in [-0.2, 0) is 19.6 Å². The van der Waals surface area contributed by atoms with Crippen molar-refractivity contribution in [1.82, 2.24) is 0 Å². The number of hydrogen-bond acceptors (Lipinski definition) is 5. The largest absolute Gasteiger partial charge is 0.449 e. The second-order valence-corrected chi connectivity index (χ2v) is 8.18. The molecule has 0 aliphatic rings. The molecule has 0 saturated heterocycles. The SMILES string of the molecule is Cc1ccc(S(N)(=O)=O)cc1C(=O)OC(C)C(=O)Nc1ccc2ccccc2c1. The summed E-state index contributed by atoms with van der Waals surface area (Å²) in [6, 6.07) is 17.1. The number of anilines is 1. The Balaban J connectivity index is 1.72. The summed E-state index contributed by atoms with van der Waals surface area (Å²) in [4.78, 5) is 24.7. The van der Waals surface area contributed by atoms with Crippen LogP contribution in [0.2, 0.25) is 0 Å². The second-order valence-electron chi connectivity index (χ2n) is 6.62. The van der Waals surface area contributed by atoms with E-state index in [2.05, 4.69) is 5.32 Å². The number of esters is 1. The number of primary sulfonamides is 1. The van der Waals surface area contributed by atoms with Crippen LogP contribution in [0.15, 0.2) is 65.6 Å². The van der Waals surface area contributed by atoms with Gasteiger partial charge >= 0.3 is 5.97 Å². The number of carbonyl (C=O) groups is 2. The van der Waals surface area contributed by atoms with Crippen molar-refractivity contribution in [3.63, 3.8) is 0 Å². The van der Waals surface area contributed by atoms with Crippen LogP contribution in [0.1, 0.15) is 22.8 Å². The summed E-state index contributed by atoms with van der Waals surface area (Å²) in [7, 11) is -3.97. The van der Waals surface area contributed by atoms with Crippen molar-refractivity contribution in [3.8, 4) is 0 Å². The normalized spacial score (nSPS) is 12.4. The Bertz CT molecular complexity index is 1200. The summed E-state index contributed by atoms with van der Waals surface area (Å²) < 4.78 is 28.2. The summed E-state index contributed by atoms with van der Waals surface area (Å²) in [5.74, 6) is -1.32. The van der Waals surface area contributed by atoms with Crippen LogP contribution in [-0.4, -0.2) is 26.4 Å². The number of nitrogens with two attached hydrogens (primary N) is 1. The van der Waals surface area contributed by atoms with Gasteiger partial charge in [-0.15, -0.1) is 0 Å². The molecule has 0 fully saturated rings. The number of sulfonamides is 1. The Labute approximate surface area is 168 Å². The lowest BCUT2D eigenvalue weighted by Crippen LogP contribution is -2.30. The summed E-state index contributed by atoms with van der Waals surface area (Å²) >= 11 is 0. The highest BCUT2D eigenvalue weighted by Crippen LogP contribution is 2.20. The maximum atomic E-state index is 12.4. The van der Waals surface area contributed by atoms with E-state index in [1.807, 2.05) is 36.4 Å². The van der Waals surface area contributed by atoms with Gasteiger partial charge in [0.15, 0.2) is 6.10 Å². The van der Waals surface area contributed by atoms with Crippen LogP contribution >= 0.6 is 0 Å². The topological polar surface area (TPSA) is 116 Å². The van der Waals surface area contributed by atoms with Gasteiger partial charge in [0.25, 0.3) is 5.91 Å². The molecule has 7 nitrogen and oxygen atoms in total. The molecule has 3 N–H and O–H groups in total. The minimum absolute atomic E-state index is 0.0295. The maximum Gasteiger partial charge on any atom is 0.339 e. The summed E-state index contributed by atoms with van der Waals surface area (Å²) in [5.41, 5.74) is 1.11. The number of ether oxygens (including phenoxy) is 1. The summed E-state index contributed by atoms with van der Waals surface area (Å²) in [6.07, 6.45) is -1.09. The van der Waals surface area contributed by atoms with Gasteiger partial charge in [-0.1, -0.05) is 36.4 Å². The minimum atomic E-state index is -3.97. The molecule has 150 valence electrons. The molecule has 0 radical (unpaired) electrons. The molecule has 3 rings (SSSR count). The van der Waals surface area contributed by atoms with E-state index in [0.717, 1.165) is 16.8 Å². The number of nitrogens with one attached hydrogen (secondary N) is 1. The Morgan fingerprint density at radius 1 is 1.00 bits per heavy atom. The molecule has 0 aliphatic heterocycles. The molecule has 0 aromatic heterocycles. The number of fused-ring (bicyclic) bond motifs is 1. The van der Waals surface area contributed by atoms with E-state index in [1.54, 1.807) is 13.0 Å². The molecule has 0 saturated carbocycles. The molecule has 0 spiro atoms. The van der Waals surface area contributed by atoms with Gasteiger partial charge in [-0.3, -0.25) is 4.79 Å². The van der Waals surface area contributed by atoms with Gasteiger partial charge in [0.05, 0.1) is 10.5 Å². The molecule has 1 atom stereocenters. The molecule has 1 amide bonds. The lowest BCUT2D eigenvalue weighted by Gasteiger charge is -2.15. The molecule has 3 aromatic carbocycles. The third-order valence-corrected chi connectivity index (χ3v) is 5.34. The first-order valence-electron chi connectivity index (χ1n) is 8.79. The number of amides is 1. The van der Waals surface area contributed by atoms with Crippen molar-refractivity contribution in [1.29, 1.82) is 0 Å². The van der Waals surface area contributed by atoms with Crippen LogP contribution < -0.4 is 10.5 Å². The van der Waals surface area contributed by atoms with Crippen molar-refractivity contribution in [2.75, 3.05) is 5.32 Å². The van der Waals surface area contributed by atoms with Crippen molar-refractivity contribution >= 4 is 38.4 Å². The van der Waals surface area contributed by atoms with Gasteiger partial charge in [0, 0.05) is 5.69 Å². The zero-order valence-electron chi connectivity index (χ0n) is 15.9. The van der Waals surface area contributed by atoms with E-state index in [9.17, 15) is 18.0 Å². The quantitative estimate of drug-likeness (QED) is 0.625. The van der Waals surface area contributed by atoms with Crippen LogP contribution in [0.4, 0.5) is 5.69 Å². The number of hydrogen-bond donors (Lipinski definition) is 2. The minimum Gasteiger partial charge on any atom is -0.449 e. The van der Waals surface area contributed by atoms with Crippen molar-refractivity contribution in [3.05, 3.63) is 71.8 Å². The average molecular weight is 412 g/mol. The zero-order chi connectivity index (χ0) is 21.2. The first kappa shape index (κ1) is 20.5. The monoisotopic (exact) mass is 412 g/mol. The van der Waals surface area contributed by atoms with E-state index in [4.69, 9.17) is 9.88 Å². The third-order valence-electron chi connectivity index (χ3n) is 4.43. The molecular weight excluding hydrogens is 392 g/mol. The predicted octanol–water partition coefficient (Wildman–Crippen LogP) is 2.98. The van der Waals surface area contributed by atoms with E-state index in [1.165, 1.54) is 19.1 Å². The first-order valence-corrected chi connectivity index (χ1v) is 10.3. The first-order chi connectivity index (χ1) is 13.6. The van der Waals surface area contributed by atoms with Crippen molar-refractivity contribution in [2.45, 2.75) is 24.8 Å². The van der Waals surface area contributed by atoms with Gasteiger partial charge in [-0.2, -0.15) is 0 Å². The zero-order valence-corrected chi connectivity index (χ0v) is 16.7. The van der Waals surface area contributed by atoms with Crippen molar-refractivity contribution < 1.29 is 22.7 Å². The highest BCUT2D eigenvalue weighted by Gasteiger charge is 2.22. The van der Waals surface area contributed by atoms with Gasteiger partial charge in [0.1, 0.15) is 0 Å². The number of rotatable bonds is 5. The molecule has 29 heavy (non-hydrogen) atoms. The average Bonchev–Trinajstić information content (AvgIpc) is 2.67. The molecule has 0 heterocycles. The molecule has 3 aromatic rings. The highest BCUT2D eigenvalue weighted by atomic mass is 32.2. The van der Waals surface area contributed by atoms with E-state index in [0.29, 0.717) is 11.3 Å².